The Kier molecular flexibility index (Phi) is 7.94. The molecule has 3 rings (SSSR count). The number of methoxy groups -OCH3 is 1. The molecule has 1 aliphatic heterocycles. The van der Waals surface area contributed by atoms with Crippen molar-refractivity contribution in [2.75, 3.05) is 33.9 Å². The minimum atomic E-state index is -1.56. The molecule has 0 saturated carbocycles. The van der Waals surface area contributed by atoms with Gasteiger partial charge in [0.25, 0.3) is 5.91 Å². The van der Waals surface area contributed by atoms with E-state index in [0.717, 1.165) is 11.1 Å². The number of nitrogens with two attached hydrogens (primary N) is 1. The summed E-state index contributed by atoms with van der Waals surface area (Å²) in [5, 5.41) is 9.84. The third-order valence-electron chi connectivity index (χ3n) is 5.82. The Morgan fingerprint density at radius 1 is 1.32 bits per heavy atom. The number of aliphatic imine (C=N–C) groups is 1. The lowest BCUT2D eigenvalue weighted by Crippen LogP contribution is -2.41. The molecule has 1 heterocycles. The second-order valence-electron chi connectivity index (χ2n) is 8.89. The Morgan fingerprint density at radius 2 is 2.06 bits per heavy atom. The zero-order chi connectivity index (χ0) is 24.9. The molecule has 0 aliphatic carbocycles. The van der Waals surface area contributed by atoms with Crippen LogP contribution in [0.2, 0.25) is 0 Å². The smallest absolute Gasteiger partial charge is 0.255 e. The van der Waals surface area contributed by atoms with Crippen molar-refractivity contribution < 1.29 is 19.0 Å². The molecular weight excluding hydrogens is 435 g/mol. The number of hydrogen-bond donors (Lipinski definition) is 2. The van der Waals surface area contributed by atoms with Crippen molar-refractivity contribution in [3.63, 3.8) is 0 Å². The summed E-state index contributed by atoms with van der Waals surface area (Å²) >= 11 is 0. The fourth-order valence-corrected chi connectivity index (χ4v) is 3.80. The number of benzene rings is 2. The van der Waals surface area contributed by atoms with Gasteiger partial charge >= 0.3 is 0 Å². The van der Waals surface area contributed by atoms with Crippen molar-refractivity contribution >= 4 is 17.9 Å². The molecule has 1 amide bonds. The summed E-state index contributed by atoms with van der Waals surface area (Å²) in [4.78, 5) is 21.6. The number of carbonyl (C=O) groups excluding carboxylic acids is 1. The number of alkyl halides is 1. The van der Waals surface area contributed by atoms with Crippen LogP contribution in [0.4, 0.5) is 4.39 Å². The number of ether oxygens (including phenoxy) is 1. The molecule has 0 aromatic heterocycles. The van der Waals surface area contributed by atoms with Crippen LogP contribution in [-0.4, -0.2) is 66.8 Å². The Labute approximate surface area is 200 Å². The predicted molar refractivity (Wildman–Crippen MR) is 132 cm³/mol. The number of phenolic OH excluding ortho intramolecular Hbond substituents is 1. The average Bonchev–Trinajstić information content (AvgIpc) is 3.18. The highest BCUT2D eigenvalue weighted by molar-refractivity contribution is 5.95. The minimum absolute atomic E-state index is 0.157. The quantitative estimate of drug-likeness (QED) is 0.477. The van der Waals surface area contributed by atoms with E-state index in [1.165, 1.54) is 13.8 Å². The molecule has 0 spiro atoms. The van der Waals surface area contributed by atoms with Crippen LogP contribution in [0.3, 0.4) is 0 Å². The van der Waals surface area contributed by atoms with Crippen LogP contribution in [-0.2, 0) is 10.4 Å². The second kappa shape index (κ2) is 10.7. The molecule has 0 radical (unpaired) electrons. The maximum atomic E-state index is 14.5. The highest BCUT2D eigenvalue weighted by Gasteiger charge is 2.34. The van der Waals surface area contributed by atoms with Crippen LogP contribution in [0.25, 0.3) is 6.08 Å². The topological polar surface area (TPSA) is 91.4 Å². The fraction of sp³-hybridized carbons (Fsp3) is 0.385. The number of halogens is 1. The van der Waals surface area contributed by atoms with Crippen LogP contribution in [0.5, 0.6) is 5.75 Å². The summed E-state index contributed by atoms with van der Waals surface area (Å²) in [5.41, 5.74) is 7.23. The van der Waals surface area contributed by atoms with Gasteiger partial charge in [-0.05, 0) is 61.2 Å². The van der Waals surface area contributed by atoms with Crippen molar-refractivity contribution in [3.8, 4) is 5.75 Å². The molecule has 1 unspecified atom stereocenters. The van der Waals surface area contributed by atoms with Gasteiger partial charge in [0.05, 0.1) is 6.61 Å². The molecule has 182 valence electrons. The average molecular weight is 469 g/mol. The van der Waals surface area contributed by atoms with Gasteiger partial charge in [0.2, 0.25) is 0 Å². The summed E-state index contributed by atoms with van der Waals surface area (Å²) in [6.45, 7) is 4.40. The van der Waals surface area contributed by atoms with Crippen LogP contribution >= 0.6 is 0 Å². The third kappa shape index (κ3) is 6.14. The highest BCUT2D eigenvalue weighted by Crippen LogP contribution is 2.31. The summed E-state index contributed by atoms with van der Waals surface area (Å²) < 4.78 is 19.6. The van der Waals surface area contributed by atoms with Crippen LogP contribution in [0.1, 0.15) is 41.8 Å². The number of guanidine groups is 1. The van der Waals surface area contributed by atoms with Crippen LogP contribution < -0.4 is 5.73 Å². The Bertz CT molecular complexity index is 1080. The van der Waals surface area contributed by atoms with Crippen molar-refractivity contribution in [2.45, 2.75) is 32.1 Å². The van der Waals surface area contributed by atoms with Gasteiger partial charge in [0, 0.05) is 32.8 Å². The predicted octanol–water partition coefficient (Wildman–Crippen LogP) is 3.75. The normalized spacial score (nSPS) is 17.9. The Balaban J connectivity index is 1.97. The van der Waals surface area contributed by atoms with E-state index in [1.807, 2.05) is 19.2 Å². The number of phenols is 1. The van der Waals surface area contributed by atoms with Crippen molar-refractivity contribution in [1.82, 2.24) is 9.80 Å². The molecule has 34 heavy (non-hydrogen) atoms. The van der Waals surface area contributed by atoms with E-state index in [4.69, 9.17) is 15.5 Å². The summed E-state index contributed by atoms with van der Waals surface area (Å²) in [6, 6.07) is 13.5. The molecule has 0 bridgehead atoms. The van der Waals surface area contributed by atoms with Crippen molar-refractivity contribution in [3.05, 3.63) is 70.8 Å². The Hall–Kier alpha value is -3.39. The van der Waals surface area contributed by atoms with E-state index in [-0.39, 0.29) is 17.6 Å². The van der Waals surface area contributed by atoms with Crippen LogP contribution in [0, 0.1) is 0 Å². The molecule has 1 fully saturated rings. The maximum Gasteiger partial charge on any atom is 0.255 e. The van der Waals surface area contributed by atoms with Crippen molar-refractivity contribution in [2.24, 2.45) is 10.7 Å². The first-order valence-corrected chi connectivity index (χ1v) is 11.2. The number of aromatic hydroxyl groups is 1. The lowest BCUT2D eigenvalue weighted by Gasteiger charge is -2.25. The van der Waals surface area contributed by atoms with Gasteiger partial charge in [0.1, 0.15) is 17.6 Å². The number of amides is 1. The van der Waals surface area contributed by atoms with Gasteiger partial charge in [-0.25, -0.2) is 9.38 Å². The van der Waals surface area contributed by atoms with Gasteiger partial charge < -0.3 is 25.4 Å². The van der Waals surface area contributed by atoms with Crippen LogP contribution in [0.15, 0.2) is 59.1 Å². The van der Waals surface area contributed by atoms with E-state index < -0.39 is 11.8 Å². The number of likely N-dealkylation sites (N-methyl/N-ethyl adjacent to an activating group) is 1. The van der Waals surface area contributed by atoms with Gasteiger partial charge in [0.15, 0.2) is 5.96 Å². The molecule has 1 atom stereocenters. The lowest BCUT2D eigenvalue weighted by atomic mass is 9.98. The van der Waals surface area contributed by atoms with E-state index >= 15 is 0 Å². The summed E-state index contributed by atoms with van der Waals surface area (Å²) in [6.07, 6.45) is 1.89. The summed E-state index contributed by atoms with van der Waals surface area (Å²) in [5.74, 6) is 0.193. The zero-order valence-corrected chi connectivity index (χ0v) is 20.2. The maximum absolute atomic E-state index is 14.5. The number of nitrogens with zero attached hydrogens (tertiary/aromatic N) is 3. The van der Waals surface area contributed by atoms with Crippen molar-refractivity contribution in [1.29, 1.82) is 0 Å². The molecule has 7 nitrogen and oxygen atoms in total. The van der Waals surface area contributed by atoms with E-state index in [1.54, 1.807) is 59.4 Å². The first-order valence-electron chi connectivity index (χ1n) is 11.2. The summed E-state index contributed by atoms with van der Waals surface area (Å²) in [7, 11) is 3.42. The molecular formula is C26H33FN4O3. The van der Waals surface area contributed by atoms with E-state index in [9.17, 15) is 14.3 Å². The zero-order valence-electron chi connectivity index (χ0n) is 20.2. The van der Waals surface area contributed by atoms with Gasteiger partial charge in [-0.1, -0.05) is 30.3 Å². The van der Waals surface area contributed by atoms with Gasteiger partial charge in [-0.15, -0.1) is 0 Å². The largest absolute Gasteiger partial charge is 0.508 e. The van der Waals surface area contributed by atoms with E-state index in [0.29, 0.717) is 37.2 Å². The highest BCUT2D eigenvalue weighted by atomic mass is 19.1. The molecule has 2 aromatic rings. The van der Waals surface area contributed by atoms with Gasteiger partial charge in [-0.3, -0.25) is 4.79 Å². The minimum Gasteiger partial charge on any atom is -0.508 e. The van der Waals surface area contributed by atoms with E-state index in [2.05, 4.69) is 0 Å². The number of hydrogen-bond acceptors (Lipinski definition) is 4. The standard InChI is InChI=1S/C26H33FN4O3/c1-26(2,27)21-9-6-8-20(17-21)24(33)31-12-11-19(15-18-7-5-10-22(32)16-18)23(31)29-25(28)30(3)13-14-34-4/h5-10,15-17,23,32H,11-14H2,1-4H3,(H2,28,29)/b19-15+. The SMILES string of the molecule is COCCN(C)/C(N)=N/C1/C(=C/c2cccc(O)c2)CCN1C(=O)c1cccc(C(C)(C)F)c1. The fourth-order valence-electron chi connectivity index (χ4n) is 3.80. The monoisotopic (exact) mass is 468 g/mol. The first kappa shape index (κ1) is 25.2. The second-order valence-corrected chi connectivity index (χ2v) is 8.89. The number of carbonyl (C=O) groups is 1. The molecule has 2 aromatic carbocycles. The first-order chi connectivity index (χ1) is 16.1. The Morgan fingerprint density at radius 3 is 2.74 bits per heavy atom. The van der Waals surface area contributed by atoms with Gasteiger partial charge in [-0.2, -0.15) is 0 Å². The molecule has 1 aliphatic rings. The number of rotatable bonds is 7. The third-order valence-corrected chi connectivity index (χ3v) is 5.82. The number of likely N-dealkylation sites (tertiary alicyclic amines) is 1. The molecule has 3 N–H and O–H groups in total. The lowest BCUT2D eigenvalue weighted by molar-refractivity contribution is 0.0750. The molecule has 8 heteroatoms. The molecule has 1 saturated heterocycles.